The predicted octanol–water partition coefficient (Wildman–Crippen LogP) is 3.20. The number of hydrogen-bond donors (Lipinski definition) is 1. The van der Waals surface area contributed by atoms with Gasteiger partial charge in [0.05, 0.1) is 0 Å². The molecule has 0 spiro atoms. The molecule has 2 rings (SSSR count). The number of anilines is 1. The van der Waals surface area contributed by atoms with E-state index in [0.717, 1.165) is 17.7 Å². The molecule has 4 nitrogen and oxygen atoms in total. The van der Waals surface area contributed by atoms with Crippen molar-refractivity contribution >= 4 is 5.82 Å². The van der Waals surface area contributed by atoms with E-state index >= 15 is 0 Å². The van der Waals surface area contributed by atoms with E-state index in [1.807, 2.05) is 13.8 Å². The number of aromatic nitrogens is 2. The summed E-state index contributed by atoms with van der Waals surface area (Å²) in [7, 11) is 0. The lowest BCUT2D eigenvalue weighted by Gasteiger charge is -2.09. The van der Waals surface area contributed by atoms with Crippen LogP contribution in [0.2, 0.25) is 0 Å². The van der Waals surface area contributed by atoms with Gasteiger partial charge in [-0.05, 0) is 37.6 Å². The van der Waals surface area contributed by atoms with Gasteiger partial charge >= 0.3 is 6.61 Å². The van der Waals surface area contributed by atoms with Gasteiger partial charge in [0.15, 0.2) is 5.82 Å². The highest BCUT2D eigenvalue weighted by atomic mass is 19.3. The van der Waals surface area contributed by atoms with Crippen molar-refractivity contribution in [2.24, 2.45) is 0 Å². The average Bonchev–Trinajstić information content (AvgIpc) is 2.42. The molecule has 0 saturated carbocycles. The van der Waals surface area contributed by atoms with Crippen LogP contribution in [-0.4, -0.2) is 16.6 Å². The molecule has 0 aliphatic heterocycles. The summed E-state index contributed by atoms with van der Waals surface area (Å²) < 4.78 is 28.4. The maximum absolute atomic E-state index is 12.1. The van der Waals surface area contributed by atoms with E-state index < -0.39 is 6.61 Å². The second kappa shape index (κ2) is 5.81. The van der Waals surface area contributed by atoms with Gasteiger partial charge in [0.25, 0.3) is 0 Å². The van der Waals surface area contributed by atoms with Gasteiger partial charge in [-0.15, -0.1) is 0 Å². The van der Waals surface area contributed by atoms with Crippen molar-refractivity contribution in [2.75, 3.05) is 5.73 Å². The van der Waals surface area contributed by atoms with Crippen molar-refractivity contribution in [1.82, 2.24) is 9.97 Å². The normalized spacial score (nSPS) is 10.8. The van der Waals surface area contributed by atoms with Crippen molar-refractivity contribution in [3.63, 3.8) is 0 Å². The third kappa shape index (κ3) is 3.01. The van der Waals surface area contributed by atoms with Gasteiger partial charge in [-0.25, -0.2) is 9.97 Å². The monoisotopic (exact) mass is 279 g/mol. The Bertz CT molecular complexity index is 600. The lowest BCUT2D eigenvalue weighted by molar-refractivity contribution is -0.0498. The van der Waals surface area contributed by atoms with Crippen LogP contribution in [0.25, 0.3) is 11.4 Å². The molecule has 0 radical (unpaired) electrons. The third-order valence-electron chi connectivity index (χ3n) is 2.96. The fourth-order valence-electron chi connectivity index (χ4n) is 1.84. The lowest BCUT2D eigenvalue weighted by atomic mass is 10.1. The van der Waals surface area contributed by atoms with Crippen LogP contribution in [0.1, 0.15) is 18.2 Å². The van der Waals surface area contributed by atoms with Gasteiger partial charge in [0, 0.05) is 16.8 Å². The Kier molecular flexibility index (Phi) is 4.12. The maximum atomic E-state index is 12.1. The molecule has 0 saturated heterocycles. The van der Waals surface area contributed by atoms with Crippen LogP contribution in [0, 0.1) is 6.92 Å². The molecule has 0 unspecified atom stereocenters. The molecule has 0 atom stereocenters. The number of hydrogen-bond acceptors (Lipinski definition) is 4. The molecule has 2 N–H and O–H groups in total. The molecule has 20 heavy (non-hydrogen) atoms. The summed E-state index contributed by atoms with van der Waals surface area (Å²) in [5.41, 5.74) is 8.30. The number of nitrogens with two attached hydrogens (primary N) is 1. The van der Waals surface area contributed by atoms with Gasteiger partial charge in [-0.2, -0.15) is 8.78 Å². The number of alkyl halides is 2. The number of rotatable bonds is 4. The summed E-state index contributed by atoms with van der Waals surface area (Å²) in [5, 5.41) is 0. The van der Waals surface area contributed by atoms with Crippen LogP contribution >= 0.6 is 0 Å². The number of ether oxygens (including phenoxy) is 1. The summed E-state index contributed by atoms with van der Waals surface area (Å²) >= 11 is 0. The van der Waals surface area contributed by atoms with Crippen molar-refractivity contribution in [3.05, 3.63) is 35.5 Å². The van der Waals surface area contributed by atoms with Crippen molar-refractivity contribution in [3.8, 4) is 17.1 Å². The van der Waals surface area contributed by atoms with Gasteiger partial charge in [0.2, 0.25) is 0 Å². The molecule has 2 aromatic rings. The summed E-state index contributed by atoms with van der Waals surface area (Å²) in [6.07, 6.45) is 0.748. The number of halogens is 2. The first-order chi connectivity index (χ1) is 9.51. The van der Waals surface area contributed by atoms with E-state index in [9.17, 15) is 8.78 Å². The van der Waals surface area contributed by atoms with Crippen LogP contribution in [0.15, 0.2) is 24.3 Å². The number of nitrogens with zero attached hydrogens (tertiary/aromatic N) is 2. The van der Waals surface area contributed by atoms with E-state index in [1.54, 1.807) is 12.1 Å². The Labute approximate surface area is 115 Å². The molecule has 1 aromatic heterocycles. The number of benzene rings is 1. The smallest absolute Gasteiger partial charge is 0.387 e. The summed E-state index contributed by atoms with van der Waals surface area (Å²) in [6, 6.07) is 6.15. The van der Waals surface area contributed by atoms with Gasteiger partial charge in [-0.3, -0.25) is 0 Å². The second-order valence-corrected chi connectivity index (χ2v) is 4.26. The third-order valence-corrected chi connectivity index (χ3v) is 2.96. The van der Waals surface area contributed by atoms with Crippen molar-refractivity contribution in [1.29, 1.82) is 0 Å². The Hall–Kier alpha value is -2.24. The standard InChI is InChI=1S/C14H15F2N3O/c1-3-11-8(2)12(17)19-13(18-11)9-4-6-10(7-5-9)20-14(15)16/h4-7,14H,3H2,1-2H3,(H2,17,18,19). The summed E-state index contributed by atoms with van der Waals surface area (Å²) in [4.78, 5) is 8.65. The van der Waals surface area contributed by atoms with Gasteiger partial charge in [0.1, 0.15) is 11.6 Å². The molecule has 0 amide bonds. The second-order valence-electron chi connectivity index (χ2n) is 4.26. The zero-order chi connectivity index (χ0) is 14.7. The first-order valence-corrected chi connectivity index (χ1v) is 6.19. The van der Waals surface area contributed by atoms with Crippen LogP contribution in [0.3, 0.4) is 0 Å². The Morgan fingerprint density at radius 3 is 2.40 bits per heavy atom. The molecule has 0 aliphatic rings. The Morgan fingerprint density at radius 1 is 1.20 bits per heavy atom. The largest absolute Gasteiger partial charge is 0.435 e. The van der Waals surface area contributed by atoms with E-state index in [0.29, 0.717) is 17.2 Å². The highest BCUT2D eigenvalue weighted by Gasteiger charge is 2.10. The van der Waals surface area contributed by atoms with E-state index in [2.05, 4.69) is 14.7 Å². The van der Waals surface area contributed by atoms with Gasteiger partial charge < -0.3 is 10.5 Å². The fourth-order valence-corrected chi connectivity index (χ4v) is 1.84. The quantitative estimate of drug-likeness (QED) is 0.933. The van der Waals surface area contributed by atoms with Crippen LogP contribution in [-0.2, 0) is 6.42 Å². The molecule has 0 aliphatic carbocycles. The SMILES string of the molecule is CCc1nc(-c2ccc(OC(F)F)cc2)nc(N)c1C. The minimum absolute atomic E-state index is 0.0968. The first kappa shape index (κ1) is 14.2. The zero-order valence-corrected chi connectivity index (χ0v) is 11.2. The number of nitrogen functional groups attached to an aromatic ring is 1. The van der Waals surface area contributed by atoms with Crippen LogP contribution in [0.4, 0.5) is 14.6 Å². The van der Waals surface area contributed by atoms with E-state index in [-0.39, 0.29) is 5.75 Å². The lowest BCUT2D eigenvalue weighted by Crippen LogP contribution is -2.04. The minimum Gasteiger partial charge on any atom is -0.435 e. The summed E-state index contributed by atoms with van der Waals surface area (Å²) in [6.45, 7) is 1.02. The average molecular weight is 279 g/mol. The highest BCUT2D eigenvalue weighted by molar-refractivity contribution is 5.59. The molecular weight excluding hydrogens is 264 g/mol. The Morgan fingerprint density at radius 2 is 1.85 bits per heavy atom. The zero-order valence-electron chi connectivity index (χ0n) is 11.2. The predicted molar refractivity (Wildman–Crippen MR) is 72.6 cm³/mol. The van der Waals surface area contributed by atoms with Gasteiger partial charge in [-0.1, -0.05) is 6.92 Å². The number of aryl methyl sites for hydroxylation is 1. The molecule has 1 aromatic carbocycles. The molecule has 0 bridgehead atoms. The molecule has 6 heteroatoms. The van der Waals surface area contributed by atoms with E-state index in [4.69, 9.17) is 5.73 Å². The Balaban J connectivity index is 2.34. The first-order valence-electron chi connectivity index (χ1n) is 6.19. The molecular formula is C14H15F2N3O. The topological polar surface area (TPSA) is 61.0 Å². The summed E-state index contributed by atoms with van der Waals surface area (Å²) in [5.74, 6) is 1.01. The molecule has 1 heterocycles. The molecule has 106 valence electrons. The van der Waals surface area contributed by atoms with Crippen LogP contribution in [0.5, 0.6) is 5.75 Å². The molecule has 0 fully saturated rings. The maximum Gasteiger partial charge on any atom is 0.387 e. The van der Waals surface area contributed by atoms with E-state index in [1.165, 1.54) is 12.1 Å². The fraction of sp³-hybridized carbons (Fsp3) is 0.286. The van der Waals surface area contributed by atoms with Crippen molar-refractivity contribution in [2.45, 2.75) is 26.9 Å². The van der Waals surface area contributed by atoms with Crippen molar-refractivity contribution < 1.29 is 13.5 Å². The highest BCUT2D eigenvalue weighted by Crippen LogP contribution is 2.23. The van der Waals surface area contributed by atoms with Crippen LogP contribution < -0.4 is 10.5 Å². The minimum atomic E-state index is -2.83.